The number of carbonyl (C=O) groups is 1. The summed E-state index contributed by atoms with van der Waals surface area (Å²) in [6, 6.07) is 14.8. The molecule has 3 N–H and O–H groups in total. The van der Waals surface area contributed by atoms with Crippen molar-refractivity contribution in [2.24, 2.45) is 5.73 Å². The molecule has 1 atom stereocenters. The van der Waals surface area contributed by atoms with Crippen LogP contribution in [-0.4, -0.2) is 17.7 Å². The fourth-order valence-corrected chi connectivity index (χ4v) is 3.36. The number of nitrogens with two attached hydrogens (primary N) is 1. The molecule has 1 aliphatic rings. The van der Waals surface area contributed by atoms with Crippen molar-refractivity contribution in [1.82, 2.24) is 0 Å². The number of hydrogen-bond acceptors (Lipinski definition) is 4. The number of nitrogens with one attached hydrogen (secondary N) is 1. The molecule has 3 rings (SSSR count). The second-order valence-corrected chi connectivity index (χ2v) is 5.81. The molecule has 1 heterocycles. The summed E-state index contributed by atoms with van der Waals surface area (Å²) in [6.45, 7) is 0. The highest BCUT2D eigenvalue weighted by molar-refractivity contribution is 7.99. The van der Waals surface area contributed by atoms with Crippen LogP contribution in [0.25, 0.3) is 11.1 Å². The van der Waals surface area contributed by atoms with E-state index in [4.69, 9.17) is 11.0 Å². The Morgan fingerprint density at radius 3 is 2.82 bits per heavy atom. The van der Waals surface area contributed by atoms with Crippen LogP contribution in [0.5, 0.6) is 0 Å². The van der Waals surface area contributed by atoms with Crippen LogP contribution in [0.3, 0.4) is 0 Å². The lowest BCUT2D eigenvalue weighted by Crippen LogP contribution is -2.36. The third-order valence-electron chi connectivity index (χ3n) is 3.32. The molecule has 1 aliphatic heterocycles. The largest absolute Gasteiger partial charge is 0.324 e. The maximum atomic E-state index is 11.8. The van der Waals surface area contributed by atoms with E-state index >= 15 is 0 Å². The molecule has 0 aliphatic carbocycles. The molecule has 0 unspecified atom stereocenters. The Labute approximate surface area is 139 Å². The van der Waals surface area contributed by atoms with Crippen LogP contribution in [0.1, 0.15) is 5.56 Å². The summed E-state index contributed by atoms with van der Waals surface area (Å²) in [4.78, 5) is 12.8. The van der Waals surface area contributed by atoms with Gasteiger partial charge in [0.25, 0.3) is 0 Å². The molecule has 0 saturated carbocycles. The second kappa shape index (κ2) is 6.84. The first-order valence-corrected chi connectivity index (χ1v) is 7.50. The molecule has 22 heavy (non-hydrogen) atoms. The first kappa shape index (κ1) is 16.4. The van der Waals surface area contributed by atoms with E-state index in [9.17, 15) is 4.79 Å². The summed E-state index contributed by atoms with van der Waals surface area (Å²) < 4.78 is 0. The summed E-state index contributed by atoms with van der Waals surface area (Å²) in [6.07, 6.45) is 0. The topological polar surface area (TPSA) is 78.9 Å². The number of hydrogen-bond donors (Lipinski definition) is 2. The minimum atomic E-state index is -0.513. The van der Waals surface area contributed by atoms with Crippen molar-refractivity contribution in [3.8, 4) is 17.2 Å². The SMILES string of the molecule is Cl.N#Cc1cccc(-c2cccc3c2SC[C@H](N)C(=O)N3)c1. The number of carbonyl (C=O) groups excluding carboxylic acids is 1. The highest BCUT2D eigenvalue weighted by atomic mass is 35.5. The van der Waals surface area contributed by atoms with E-state index in [1.54, 1.807) is 17.8 Å². The predicted molar refractivity (Wildman–Crippen MR) is 91.2 cm³/mol. The zero-order chi connectivity index (χ0) is 14.8. The molecule has 4 nitrogen and oxygen atoms in total. The van der Waals surface area contributed by atoms with Gasteiger partial charge >= 0.3 is 0 Å². The van der Waals surface area contributed by atoms with E-state index in [-0.39, 0.29) is 18.3 Å². The number of nitriles is 1. The Bertz CT molecular complexity index is 757. The van der Waals surface area contributed by atoms with Crippen LogP contribution in [0.4, 0.5) is 5.69 Å². The number of halogens is 1. The molecule has 1 amide bonds. The second-order valence-electron chi connectivity index (χ2n) is 4.78. The van der Waals surface area contributed by atoms with Crippen LogP contribution in [0, 0.1) is 11.3 Å². The molecule has 0 fully saturated rings. The van der Waals surface area contributed by atoms with E-state index in [2.05, 4.69) is 11.4 Å². The number of nitrogens with zero attached hydrogens (tertiary/aromatic N) is 1. The summed E-state index contributed by atoms with van der Waals surface area (Å²) in [5.74, 6) is 0.373. The number of fused-ring (bicyclic) bond motifs is 1. The zero-order valence-electron chi connectivity index (χ0n) is 11.6. The van der Waals surface area contributed by atoms with E-state index < -0.39 is 6.04 Å². The van der Waals surface area contributed by atoms with Gasteiger partial charge in [-0.25, -0.2) is 0 Å². The van der Waals surface area contributed by atoms with Gasteiger partial charge < -0.3 is 11.1 Å². The Balaban J connectivity index is 0.00000176. The summed E-state index contributed by atoms with van der Waals surface area (Å²) >= 11 is 1.57. The molecule has 2 aromatic carbocycles. The van der Waals surface area contributed by atoms with Crippen molar-refractivity contribution in [1.29, 1.82) is 5.26 Å². The van der Waals surface area contributed by atoms with Crippen molar-refractivity contribution >= 4 is 35.8 Å². The normalized spacial score (nSPS) is 16.5. The minimum absolute atomic E-state index is 0. The fourth-order valence-electron chi connectivity index (χ4n) is 2.25. The number of benzene rings is 2. The van der Waals surface area contributed by atoms with E-state index in [0.717, 1.165) is 21.7 Å². The van der Waals surface area contributed by atoms with Crippen LogP contribution in [0.15, 0.2) is 47.4 Å². The first-order chi connectivity index (χ1) is 10.2. The zero-order valence-corrected chi connectivity index (χ0v) is 13.2. The Morgan fingerprint density at radius 2 is 2.05 bits per heavy atom. The Hall–Kier alpha value is -2.00. The molecule has 0 bridgehead atoms. The van der Waals surface area contributed by atoms with Crippen LogP contribution < -0.4 is 11.1 Å². The van der Waals surface area contributed by atoms with E-state index in [0.29, 0.717) is 11.3 Å². The maximum Gasteiger partial charge on any atom is 0.242 e. The smallest absolute Gasteiger partial charge is 0.242 e. The molecular formula is C16H14ClN3OS. The van der Waals surface area contributed by atoms with Crippen molar-refractivity contribution in [3.05, 3.63) is 48.0 Å². The highest BCUT2D eigenvalue weighted by Gasteiger charge is 2.22. The molecule has 0 saturated heterocycles. The predicted octanol–water partition coefficient (Wildman–Crippen LogP) is 3.02. The van der Waals surface area contributed by atoms with Crippen molar-refractivity contribution in [2.75, 3.05) is 11.1 Å². The average Bonchev–Trinajstić information content (AvgIpc) is 2.66. The number of anilines is 1. The van der Waals surface area contributed by atoms with Crippen molar-refractivity contribution in [2.45, 2.75) is 10.9 Å². The number of thioether (sulfide) groups is 1. The Kier molecular flexibility index (Phi) is 5.09. The third-order valence-corrected chi connectivity index (χ3v) is 4.57. The van der Waals surface area contributed by atoms with Gasteiger partial charge in [-0.2, -0.15) is 5.26 Å². The maximum absolute atomic E-state index is 11.8. The van der Waals surface area contributed by atoms with Crippen molar-refractivity contribution < 1.29 is 4.79 Å². The molecular weight excluding hydrogens is 318 g/mol. The average molecular weight is 332 g/mol. The van der Waals surface area contributed by atoms with E-state index in [1.165, 1.54) is 0 Å². The Morgan fingerprint density at radius 1 is 1.27 bits per heavy atom. The van der Waals surface area contributed by atoms with Gasteiger partial charge in [0.05, 0.1) is 23.4 Å². The lowest BCUT2D eigenvalue weighted by Gasteiger charge is -2.12. The lowest BCUT2D eigenvalue weighted by atomic mass is 10.0. The van der Waals surface area contributed by atoms with Gasteiger partial charge in [0.2, 0.25) is 5.91 Å². The van der Waals surface area contributed by atoms with E-state index in [1.807, 2.05) is 36.4 Å². The fraction of sp³-hybridized carbons (Fsp3) is 0.125. The van der Waals surface area contributed by atoms with Crippen LogP contribution in [-0.2, 0) is 4.79 Å². The summed E-state index contributed by atoms with van der Waals surface area (Å²) in [5, 5.41) is 11.9. The van der Waals surface area contributed by atoms with Gasteiger partial charge in [-0.1, -0.05) is 24.3 Å². The quantitative estimate of drug-likeness (QED) is 0.842. The van der Waals surface area contributed by atoms with Crippen LogP contribution >= 0.6 is 24.2 Å². The molecule has 0 radical (unpaired) electrons. The monoisotopic (exact) mass is 331 g/mol. The molecule has 2 aromatic rings. The van der Waals surface area contributed by atoms with Gasteiger partial charge in [0.1, 0.15) is 0 Å². The van der Waals surface area contributed by atoms with Gasteiger partial charge in [-0.3, -0.25) is 4.79 Å². The van der Waals surface area contributed by atoms with Gasteiger partial charge in [-0.15, -0.1) is 24.2 Å². The highest BCUT2D eigenvalue weighted by Crippen LogP contribution is 2.39. The minimum Gasteiger partial charge on any atom is -0.324 e. The van der Waals surface area contributed by atoms with Crippen molar-refractivity contribution in [3.63, 3.8) is 0 Å². The van der Waals surface area contributed by atoms with Gasteiger partial charge in [-0.05, 0) is 29.3 Å². The summed E-state index contributed by atoms with van der Waals surface area (Å²) in [5.41, 5.74) is 9.17. The first-order valence-electron chi connectivity index (χ1n) is 6.52. The molecule has 112 valence electrons. The third kappa shape index (κ3) is 3.09. The number of amides is 1. The lowest BCUT2D eigenvalue weighted by molar-refractivity contribution is -0.116. The molecule has 0 aromatic heterocycles. The molecule has 0 spiro atoms. The van der Waals surface area contributed by atoms with Gasteiger partial charge in [0.15, 0.2) is 0 Å². The standard InChI is InChI=1S/C16H13N3OS.ClH/c17-8-10-3-1-4-11(7-10)12-5-2-6-14-15(12)21-9-13(18)16(20)19-14;/h1-7,13H,9,18H2,(H,19,20);1H/t13-;/m0./s1. The van der Waals surface area contributed by atoms with Crippen LogP contribution in [0.2, 0.25) is 0 Å². The number of rotatable bonds is 1. The van der Waals surface area contributed by atoms with Gasteiger partial charge in [0, 0.05) is 10.6 Å². The molecule has 6 heteroatoms. The summed E-state index contributed by atoms with van der Waals surface area (Å²) in [7, 11) is 0.